The van der Waals surface area contributed by atoms with Crippen LogP contribution in [0.25, 0.3) is 11.0 Å². The molecule has 0 aliphatic carbocycles. The van der Waals surface area contributed by atoms with Crippen LogP contribution in [0.4, 0.5) is 4.39 Å². The maximum Gasteiger partial charge on any atom is 0.178 e. The van der Waals surface area contributed by atoms with E-state index in [1.54, 1.807) is 17.4 Å². The molecule has 0 aliphatic heterocycles. The third kappa shape index (κ3) is 2.04. The van der Waals surface area contributed by atoms with Crippen LogP contribution in [0.15, 0.2) is 34.1 Å². The van der Waals surface area contributed by atoms with Gasteiger partial charge in [0.15, 0.2) is 4.77 Å². The van der Waals surface area contributed by atoms with E-state index in [4.69, 9.17) is 12.2 Å². The number of aromatic nitrogens is 2. The molecule has 1 aromatic carbocycles. The molecule has 0 unspecified atom stereocenters. The number of aromatic amines is 1. The smallest absolute Gasteiger partial charge is 0.178 e. The summed E-state index contributed by atoms with van der Waals surface area (Å²) in [6.07, 6.45) is 0. The standard InChI is InChI=1S/C12H8BrFN2S2/c13-8-4-11-10(5-9(8)14)15-12(17)16(11)6-7-2-1-3-18-7/h1-5H,6H2,(H,15,17). The van der Waals surface area contributed by atoms with Gasteiger partial charge in [-0.1, -0.05) is 6.07 Å². The number of thiophene rings is 1. The van der Waals surface area contributed by atoms with Crippen LogP contribution in [-0.4, -0.2) is 9.55 Å². The lowest BCUT2D eigenvalue weighted by Crippen LogP contribution is -1.97. The molecule has 3 rings (SSSR count). The van der Waals surface area contributed by atoms with Gasteiger partial charge >= 0.3 is 0 Å². The maximum atomic E-state index is 13.5. The van der Waals surface area contributed by atoms with Crippen molar-refractivity contribution in [1.29, 1.82) is 0 Å². The summed E-state index contributed by atoms with van der Waals surface area (Å²) >= 11 is 10.2. The van der Waals surface area contributed by atoms with Gasteiger partial charge in [-0.05, 0) is 45.7 Å². The van der Waals surface area contributed by atoms with Crippen LogP contribution in [-0.2, 0) is 6.54 Å². The summed E-state index contributed by atoms with van der Waals surface area (Å²) in [6.45, 7) is 0.703. The van der Waals surface area contributed by atoms with E-state index in [1.165, 1.54) is 10.9 Å². The van der Waals surface area contributed by atoms with Gasteiger partial charge in [-0.25, -0.2) is 4.39 Å². The molecule has 6 heteroatoms. The van der Waals surface area contributed by atoms with Gasteiger partial charge in [0.1, 0.15) is 5.82 Å². The molecule has 2 aromatic heterocycles. The van der Waals surface area contributed by atoms with E-state index in [2.05, 4.69) is 27.0 Å². The monoisotopic (exact) mass is 342 g/mol. The Morgan fingerprint density at radius 3 is 3.00 bits per heavy atom. The van der Waals surface area contributed by atoms with Crippen molar-refractivity contribution < 1.29 is 4.39 Å². The lowest BCUT2D eigenvalue weighted by atomic mass is 10.3. The number of hydrogen-bond donors (Lipinski definition) is 1. The zero-order valence-electron chi connectivity index (χ0n) is 9.11. The van der Waals surface area contributed by atoms with E-state index < -0.39 is 0 Å². The fraction of sp³-hybridized carbons (Fsp3) is 0.0833. The molecular weight excluding hydrogens is 335 g/mol. The molecule has 2 heterocycles. The average molecular weight is 343 g/mol. The molecule has 2 nitrogen and oxygen atoms in total. The van der Waals surface area contributed by atoms with Crippen molar-refractivity contribution in [3.05, 3.63) is 49.6 Å². The first-order chi connectivity index (χ1) is 8.65. The Kier molecular flexibility index (Phi) is 3.09. The highest BCUT2D eigenvalue weighted by molar-refractivity contribution is 9.10. The largest absolute Gasteiger partial charge is 0.330 e. The highest BCUT2D eigenvalue weighted by Gasteiger charge is 2.09. The molecule has 0 saturated heterocycles. The number of imidazole rings is 1. The van der Waals surface area contributed by atoms with Gasteiger partial charge < -0.3 is 9.55 Å². The summed E-state index contributed by atoms with van der Waals surface area (Å²) in [7, 11) is 0. The van der Waals surface area contributed by atoms with E-state index in [0.29, 0.717) is 15.8 Å². The first-order valence-corrected chi connectivity index (χ1v) is 7.33. The van der Waals surface area contributed by atoms with Crippen molar-refractivity contribution in [3.63, 3.8) is 0 Å². The molecule has 18 heavy (non-hydrogen) atoms. The second-order valence-electron chi connectivity index (χ2n) is 3.88. The molecule has 0 fully saturated rings. The van der Waals surface area contributed by atoms with Crippen LogP contribution in [0.5, 0.6) is 0 Å². The second kappa shape index (κ2) is 4.60. The molecule has 0 amide bonds. The first-order valence-electron chi connectivity index (χ1n) is 5.25. The van der Waals surface area contributed by atoms with Gasteiger partial charge in [0.2, 0.25) is 0 Å². The molecule has 0 atom stereocenters. The predicted molar refractivity (Wildman–Crippen MR) is 78.2 cm³/mol. The molecule has 3 aromatic rings. The Bertz CT molecular complexity index is 758. The van der Waals surface area contributed by atoms with Gasteiger partial charge in [-0.15, -0.1) is 11.3 Å². The summed E-state index contributed by atoms with van der Waals surface area (Å²) in [5, 5.41) is 2.03. The minimum atomic E-state index is -0.290. The summed E-state index contributed by atoms with van der Waals surface area (Å²) in [5.74, 6) is -0.290. The summed E-state index contributed by atoms with van der Waals surface area (Å²) in [4.78, 5) is 4.24. The number of halogens is 2. The Morgan fingerprint density at radius 2 is 2.28 bits per heavy atom. The molecule has 0 radical (unpaired) electrons. The Morgan fingerprint density at radius 1 is 1.44 bits per heavy atom. The Labute approximate surface area is 120 Å². The summed E-state index contributed by atoms with van der Waals surface area (Å²) in [6, 6.07) is 7.28. The molecule has 0 saturated carbocycles. The van der Waals surface area contributed by atoms with E-state index in [0.717, 1.165) is 11.0 Å². The van der Waals surface area contributed by atoms with Gasteiger partial charge in [0.25, 0.3) is 0 Å². The zero-order chi connectivity index (χ0) is 12.7. The number of nitrogens with zero attached hydrogens (tertiary/aromatic N) is 1. The van der Waals surface area contributed by atoms with Gasteiger partial charge in [-0.2, -0.15) is 0 Å². The molecule has 1 N–H and O–H groups in total. The molecule has 0 spiro atoms. The minimum absolute atomic E-state index is 0.290. The maximum absolute atomic E-state index is 13.5. The van der Waals surface area contributed by atoms with Crippen LogP contribution in [0.1, 0.15) is 4.88 Å². The van der Waals surface area contributed by atoms with Gasteiger partial charge in [-0.3, -0.25) is 0 Å². The fourth-order valence-electron chi connectivity index (χ4n) is 1.87. The van der Waals surface area contributed by atoms with Crippen LogP contribution in [0, 0.1) is 10.6 Å². The lowest BCUT2D eigenvalue weighted by Gasteiger charge is -2.03. The predicted octanol–water partition coefficient (Wildman–Crippen LogP) is 4.71. The van der Waals surface area contributed by atoms with Crippen molar-refractivity contribution in [1.82, 2.24) is 9.55 Å². The molecule has 92 valence electrons. The molecule has 0 bridgehead atoms. The van der Waals surface area contributed by atoms with Gasteiger partial charge in [0, 0.05) is 10.9 Å². The van der Waals surface area contributed by atoms with Crippen LogP contribution >= 0.6 is 39.5 Å². The van der Waals surface area contributed by atoms with Crippen molar-refractivity contribution in [3.8, 4) is 0 Å². The lowest BCUT2D eigenvalue weighted by molar-refractivity contribution is 0.622. The average Bonchev–Trinajstić information content (AvgIpc) is 2.92. The highest BCUT2D eigenvalue weighted by Crippen LogP contribution is 2.24. The topological polar surface area (TPSA) is 20.7 Å². The van der Waals surface area contributed by atoms with Crippen molar-refractivity contribution in [2.45, 2.75) is 6.54 Å². The van der Waals surface area contributed by atoms with E-state index >= 15 is 0 Å². The van der Waals surface area contributed by atoms with Crippen LogP contribution in [0.3, 0.4) is 0 Å². The van der Waals surface area contributed by atoms with Crippen LogP contribution < -0.4 is 0 Å². The SMILES string of the molecule is Fc1cc2[nH]c(=S)n(Cc3cccs3)c2cc1Br. The molecular formula is C12H8BrFN2S2. The van der Waals surface area contributed by atoms with E-state index in [9.17, 15) is 4.39 Å². The van der Waals surface area contributed by atoms with Crippen molar-refractivity contribution in [2.24, 2.45) is 0 Å². The zero-order valence-corrected chi connectivity index (χ0v) is 12.3. The first kappa shape index (κ1) is 12.1. The van der Waals surface area contributed by atoms with E-state index in [1.807, 2.05) is 16.0 Å². The third-order valence-corrected chi connectivity index (χ3v) is 4.50. The summed E-state index contributed by atoms with van der Waals surface area (Å²) in [5.41, 5.74) is 1.62. The van der Waals surface area contributed by atoms with E-state index in [-0.39, 0.29) is 5.82 Å². The van der Waals surface area contributed by atoms with Gasteiger partial charge in [0.05, 0.1) is 22.1 Å². The number of benzene rings is 1. The number of nitrogens with one attached hydrogen (secondary N) is 1. The van der Waals surface area contributed by atoms with Crippen molar-refractivity contribution >= 4 is 50.5 Å². The fourth-order valence-corrected chi connectivity index (χ4v) is 3.16. The second-order valence-corrected chi connectivity index (χ2v) is 6.15. The number of fused-ring (bicyclic) bond motifs is 1. The number of hydrogen-bond acceptors (Lipinski definition) is 2. The summed E-state index contributed by atoms with van der Waals surface area (Å²) < 4.78 is 16.5. The Balaban J connectivity index is 2.19. The number of H-pyrrole nitrogens is 1. The highest BCUT2D eigenvalue weighted by atomic mass is 79.9. The minimum Gasteiger partial charge on any atom is -0.330 e. The quantitative estimate of drug-likeness (QED) is 0.669. The molecule has 0 aliphatic rings. The number of rotatable bonds is 2. The van der Waals surface area contributed by atoms with Crippen LogP contribution in [0.2, 0.25) is 0 Å². The normalized spacial score (nSPS) is 11.2. The third-order valence-electron chi connectivity index (χ3n) is 2.71. The van der Waals surface area contributed by atoms with Crippen molar-refractivity contribution in [2.75, 3.05) is 0 Å². The Hall–Kier alpha value is -0.980.